The quantitative estimate of drug-likeness (QED) is 0.562. The van der Waals surface area contributed by atoms with Crippen LogP contribution in [0.2, 0.25) is 0 Å². The average molecular weight is 542 g/mol. The third-order valence-corrected chi connectivity index (χ3v) is 10.5. The van der Waals surface area contributed by atoms with Gasteiger partial charge in [0.2, 0.25) is 11.8 Å². The van der Waals surface area contributed by atoms with Crippen LogP contribution in [0.1, 0.15) is 92.1 Å². The summed E-state index contributed by atoms with van der Waals surface area (Å²) in [5.74, 6) is -0.467. The number of nitrogens with zero attached hydrogens (tertiary/aromatic N) is 2. The number of Topliss-reactive ketones (excluding diaryl/α,β-unsaturated/α-hetero) is 1. The highest BCUT2D eigenvalue weighted by atomic mass is 32.2. The zero-order valence-corrected chi connectivity index (χ0v) is 23.9. The highest BCUT2D eigenvalue weighted by Gasteiger charge is 2.53. The first-order valence-corrected chi connectivity index (χ1v) is 15.7. The maximum absolute atomic E-state index is 14.5. The van der Waals surface area contributed by atoms with Gasteiger partial charge < -0.3 is 20.3 Å². The monoisotopic (exact) mass is 541 g/mol. The van der Waals surface area contributed by atoms with Crippen molar-refractivity contribution in [1.29, 1.82) is 0 Å². The number of thioether (sulfide) groups is 1. The molecule has 208 valence electrons. The summed E-state index contributed by atoms with van der Waals surface area (Å²) < 4.78 is 5.85. The van der Waals surface area contributed by atoms with E-state index < -0.39 is 17.9 Å². The lowest BCUT2D eigenvalue weighted by molar-refractivity contribution is -0.139. The van der Waals surface area contributed by atoms with E-state index in [0.717, 1.165) is 57.2 Å². The van der Waals surface area contributed by atoms with Gasteiger partial charge in [0, 0.05) is 18.2 Å². The predicted octanol–water partition coefficient (Wildman–Crippen LogP) is 3.95. The van der Waals surface area contributed by atoms with Gasteiger partial charge in [-0.1, -0.05) is 31.4 Å². The number of likely N-dealkylation sites (tertiary alicyclic amines) is 2. The number of piperidine rings is 1. The van der Waals surface area contributed by atoms with Gasteiger partial charge in [0.1, 0.15) is 12.6 Å². The smallest absolute Gasteiger partial charge is 0.249 e. The molecule has 0 spiro atoms. The van der Waals surface area contributed by atoms with Crippen LogP contribution in [0.25, 0.3) is 0 Å². The first-order chi connectivity index (χ1) is 18.3. The van der Waals surface area contributed by atoms with Crippen molar-refractivity contribution >= 4 is 29.4 Å². The molecule has 1 aromatic carbocycles. The third-order valence-electron chi connectivity index (χ3n) is 9.52. The summed E-state index contributed by atoms with van der Waals surface area (Å²) in [6.45, 7) is 7.16. The molecule has 2 N–H and O–H groups in total. The minimum atomic E-state index is -0.522. The Bertz CT molecular complexity index is 1050. The fourth-order valence-electron chi connectivity index (χ4n) is 7.35. The normalized spacial score (nSPS) is 28.2. The van der Waals surface area contributed by atoms with Gasteiger partial charge in [-0.25, -0.2) is 0 Å². The Hall–Kier alpha value is -1.90. The van der Waals surface area contributed by atoms with Crippen molar-refractivity contribution in [3.63, 3.8) is 0 Å². The van der Waals surface area contributed by atoms with Crippen LogP contribution in [0.3, 0.4) is 0 Å². The molecule has 1 saturated carbocycles. The molecule has 4 fully saturated rings. The molecule has 7 nitrogen and oxygen atoms in total. The lowest BCUT2D eigenvalue weighted by Gasteiger charge is -2.36. The van der Waals surface area contributed by atoms with Gasteiger partial charge in [-0.05, 0) is 87.9 Å². The Morgan fingerprint density at radius 1 is 1.08 bits per heavy atom. The van der Waals surface area contributed by atoms with Crippen molar-refractivity contribution in [3.8, 4) is 0 Å². The molecule has 0 unspecified atom stereocenters. The summed E-state index contributed by atoms with van der Waals surface area (Å²) in [4.78, 5) is 44.4. The van der Waals surface area contributed by atoms with Crippen molar-refractivity contribution < 1.29 is 19.1 Å². The second kappa shape index (κ2) is 11.7. The number of rotatable bonds is 7. The summed E-state index contributed by atoms with van der Waals surface area (Å²) in [5.41, 5.74) is 8.34. The van der Waals surface area contributed by atoms with E-state index in [1.807, 2.05) is 18.4 Å². The van der Waals surface area contributed by atoms with E-state index in [1.165, 1.54) is 12.0 Å². The Balaban J connectivity index is 1.51. The number of carbonyl (C=O) groups is 3. The summed E-state index contributed by atoms with van der Waals surface area (Å²) in [6, 6.07) is 6.04. The van der Waals surface area contributed by atoms with Crippen LogP contribution in [0.4, 0.5) is 0 Å². The second-order valence-electron chi connectivity index (χ2n) is 11.9. The van der Waals surface area contributed by atoms with Crippen LogP contribution in [-0.4, -0.2) is 83.3 Å². The van der Waals surface area contributed by atoms with Crippen LogP contribution < -0.4 is 5.73 Å². The standard InChI is InChI=1S/C30H43N3O4S/c1-18(2)32-13-11-19(12-14-32)21-9-10-22(29(31)35)23(15-21)26(20-7-5-4-6-8-20)30(36)33-16-25(38-3)28-27(33)24(34)17-37-28/h9-10,15,18-20,25-28H,4-8,11-14,16-17H2,1-3H3,(H2,31,35)/t25-,26-,27+,28+/m0/s1. The molecule has 2 amide bonds. The van der Waals surface area contributed by atoms with Crippen LogP contribution in [0.15, 0.2) is 18.2 Å². The Kier molecular flexibility index (Phi) is 8.51. The molecule has 3 aliphatic heterocycles. The first kappa shape index (κ1) is 27.7. The number of ketones is 1. The highest BCUT2D eigenvalue weighted by Crippen LogP contribution is 2.43. The van der Waals surface area contributed by atoms with Crippen molar-refractivity contribution in [1.82, 2.24) is 9.80 Å². The Morgan fingerprint density at radius 2 is 1.79 bits per heavy atom. The Morgan fingerprint density at radius 3 is 2.42 bits per heavy atom. The van der Waals surface area contributed by atoms with Crippen LogP contribution in [0, 0.1) is 5.92 Å². The minimum absolute atomic E-state index is 0.0110. The van der Waals surface area contributed by atoms with Crippen LogP contribution in [0.5, 0.6) is 0 Å². The van der Waals surface area contributed by atoms with Crippen molar-refractivity contribution in [2.45, 2.75) is 94.1 Å². The molecule has 4 atom stereocenters. The number of ether oxygens (including phenoxy) is 1. The number of nitrogens with two attached hydrogens (primary N) is 1. The number of amides is 2. The minimum Gasteiger partial charge on any atom is -0.367 e. The summed E-state index contributed by atoms with van der Waals surface area (Å²) >= 11 is 1.66. The van der Waals surface area contributed by atoms with Crippen molar-refractivity contribution in [2.24, 2.45) is 11.7 Å². The van der Waals surface area contributed by atoms with Gasteiger partial charge in [-0.15, -0.1) is 0 Å². The van der Waals surface area contributed by atoms with Crippen molar-refractivity contribution in [3.05, 3.63) is 34.9 Å². The molecule has 1 aromatic rings. The number of hydrogen-bond donors (Lipinski definition) is 1. The van der Waals surface area contributed by atoms with E-state index in [0.29, 0.717) is 24.1 Å². The van der Waals surface area contributed by atoms with Gasteiger partial charge >= 0.3 is 0 Å². The van der Waals surface area contributed by atoms with Gasteiger partial charge in [-0.3, -0.25) is 14.4 Å². The molecule has 4 aliphatic rings. The second-order valence-corrected chi connectivity index (χ2v) is 13.0. The zero-order valence-electron chi connectivity index (χ0n) is 23.1. The maximum Gasteiger partial charge on any atom is 0.249 e. The number of carbonyl (C=O) groups excluding carboxylic acids is 3. The molecule has 3 saturated heterocycles. The largest absolute Gasteiger partial charge is 0.367 e. The fraction of sp³-hybridized carbons (Fsp3) is 0.700. The van der Waals surface area contributed by atoms with Gasteiger partial charge in [0.05, 0.1) is 17.3 Å². The zero-order chi connectivity index (χ0) is 27.0. The van der Waals surface area contributed by atoms with Crippen LogP contribution >= 0.6 is 11.8 Å². The predicted molar refractivity (Wildman–Crippen MR) is 151 cm³/mol. The Labute approximate surface area is 231 Å². The van der Waals surface area contributed by atoms with E-state index in [-0.39, 0.29) is 35.6 Å². The fourth-order valence-corrected chi connectivity index (χ4v) is 8.15. The van der Waals surface area contributed by atoms with E-state index in [1.54, 1.807) is 16.7 Å². The maximum atomic E-state index is 14.5. The van der Waals surface area contributed by atoms with E-state index in [9.17, 15) is 14.4 Å². The molecule has 0 radical (unpaired) electrons. The number of primary amides is 1. The van der Waals surface area contributed by atoms with Gasteiger partial charge in [-0.2, -0.15) is 11.8 Å². The lowest BCUT2D eigenvalue weighted by atomic mass is 9.73. The average Bonchev–Trinajstić information content (AvgIpc) is 3.49. The van der Waals surface area contributed by atoms with Gasteiger partial charge in [0.25, 0.3) is 0 Å². The molecule has 1 aliphatic carbocycles. The molecular weight excluding hydrogens is 498 g/mol. The molecule has 3 heterocycles. The molecule has 5 rings (SSSR count). The number of fused-ring (bicyclic) bond motifs is 1. The third kappa shape index (κ3) is 5.28. The molecular formula is C30H43N3O4S. The van der Waals surface area contributed by atoms with E-state index >= 15 is 0 Å². The molecule has 38 heavy (non-hydrogen) atoms. The first-order valence-electron chi connectivity index (χ1n) is 14.5. The summed E-state index contributed by atoms with van der Waals surface area (Å²) in [5, 5.41) is 0.0792. The number of benzene rings is 1. The number of hydrogen-bond acceptors (Lipinski definition) is 6. The van der Waals surface area contributed by atoms with E-state index in [2.05, 4.69) is 24.8 Å². The highest BCUT2D eigenvalue weighted by molar-refractivity contribution is 7.99. The summed E-state index contributed by atoms with van der Waals surface area (Å²) in [7, 11) is 0. The van der Waals surface area contributed by atoms with Crippen LogP contribution in [-0.2, 0) is 14.3 Å². The summed E-state index contributed by atoms with van der Waals surface area (Å²) in [6.07, 6.45) is 9.11. The van der Waals surface area contributed by atoms with Gasteiger partial charge in [0.15, 0.2) is 5.78 Å². The van der Waals surface area contributed by atoms with Crippen molar-refractivity contribution in [2.75, 3.05) is 32.5 Å². The molecule has 8 heteroatoms. The lowest BCUT2D eigenvalue weighted by Crippen LogP contribution is -2.46. The molecule has 0 aromatic heterocycles. The topological polar surface area (TPSA) is 92.9 Å². The van der Waals surface area contributed by atoms with E-state index in [4.69, 9.17) is 10.5 Å². The SMILES string of the molecule is CS[C@H]1CN(C(=O)[C@H](c2cc(C3CCN(C(C)C)CC3)ccc2C(N)=O)C2CCCCC2)[C@@H]2C(=O)CO[C@H]12. The molecule has 0 bridgehead atoms.